The third kappa shape index (κ3) is 1.56. The molecule has 0 aliphatic heterocycles. The van der Waals surface area contributed by atoms with Gasteiger partial charge in [-0.2, -0.15) is 5.10 Å². The van der Waals surface area contributed by atoms with E-state index in [0.717, 1.165) is 18.5 Å². The van der Waals surface area contributed by atoms with E-state index in [0.29, 0.717) is 0 Å². The van der Waals surface area contributed by atoms with E-state index in [1.54, 1.807) is 6.20 Å². The van der Waals surface area contributed by atoms with Gasteiger partial charge in [0.1, 0.15) is 0 Å². The lowest BCUT2D eigenvalue weighted by atomic mass is 10.4. The molecule has 2 nitrogen and oxygen atoms in total. The van der Waals surface area contributed by atoms with Crippen molar-refractivity contribution in [3.05, 3.63) is 24.9 Å². The van der Waals surface area contributed by atoms with Crippen molar-refractivity contribution in [3.8, 4) is 0 Å². The van der Waals surface area contributed by atoms with Crippen LogP contribution in [0.15, 0.2) is 12.4 Å². The first kappa shape index (κ1) is 6.33. The zero-order valence-corrected chi connectivity index (χ0v) is 5.67. The molecule has 0 amide bonds. The molecule has 0 aromatic carbocycles. The predicted octanol–water partition coefficient (Wildman–Crippen LogP) is 1.48. The molecule has 49 valence electrons. The molecule has 0 fully saturated rings. The molecule has 0 spiro atoms. The van der Waals surface area contributed by atoms with Crippen molar-refractivity contribution >= 4 is 0 Å². The summed E-state index contributed by atoms with van der Waals surface area (Å²) in [7, 11) is 0. The van der Waals surface area contributed by atoms with Crippen molar-refractivity contribution < 1.29 is 0 Å². The molecule has 1 aromatic rings. The molecule has 1 aromatic heterocycles. The first-order chi connectivity index (χ1) is 4.33. The summed E-state index contributed by atoms with van der Waals surface area (Å²) in [6.45, 7) is 6.87. The topological polar surface area (TPSA) is 17.8 Å². The summed E-state index contributed by atoms with van der Waals surface area (Å²) < 4.78 is 1.91. The van der Waals surface area contributed by atoms with Crippen molar-refractivity contribution in [3.63, 3.8) is 0 Å². The highest BCUT2D eigenvalue weighted by Gasteiger charge is 1.89. The summed E-state index contributed by atoms with van der Waals surface area (Å²) in [6, 6.07) is 0. The van der Waals surface area contributed by atoms with Gasteiger partial charge in [0.05, 0.1) is 6.20 Å². The minimum Gasteiger partial charge on any atom is -0.272 e. The first-order valence-corrected chi connectivity index (χ1v) is 3.17. The van der Waals surface area contributed by atoms with Crippen molar-refractivity contribution in [2.24, 2.45) is 0 Å². The van der Waals surface area contributed by atoms with E-state index in [-0.39, 0.29) is 0 Å². The van der Waals surface area contributed by atoms with Gasteiger partial charge in [0.25, 0.3) is 0 Å². The minimum atomic E-state index is 0.989. The van der Waals surface area contributed by atoms with Gasteiger partial charge in [-0.1, -0.05) is 6.92 Å². The Labute approximate surface area is 55.5 Å². The Kier molecular flexibility index (Phi) is 1.88. The lowest BCUT2D eigenvalue weighted by Gasteiger charge is -1.93. The first-order valence-electron chi connectivity index (χ1n) is 3.17. The van der Waals surface area contributed by atoms with Crippen molar-refractivity contribution in [1.29, 1.82) is 0 Å². The van der Waals surface area contributed by atoms with Crippen LogP contribution in [0.4, 0.5) is 0 Å². The van der Waals surface area contributed by atoms with Crippen molar-refractivity contribution in [1.82, 2.24) is 9.78 Å². The van der Waals surface area contributed by atoms with E-state index < -0.39 is 0 Å². The molecule has 2 heteroatoms. The van der Waals surface area contributed by atoms with Gasteiger partial charge < -0.3 is 0 Å². The SMILES string of the molecule is [CH2]c1cnn(CCC)c1. The van der Waals surface area contributed by atoms with E-state index in [1.165, 1.54) is 0 Å². The molecule has 0 saturated carbocycles. The van der Waals surface area contributed by atoms with Gasteiger partial charge in [-0.05, 0) is 18.9 Å². The fourth-order valence-electron chi connectivity index (χ4n) is 0.758. The molecule has 0 bridgehead atoms. The number of nitrogens with zero attached hydrogens (tertiary/aromatic N) is 2. The summed E-state index contributed by atoms with van der Waals surface area (Å²) in [5.41, 5.74) is 0.989. The Morgan fingerprint density at radius 3 is 3.00 bits per heavy atom. The van der Waals surface area contributed by atoms with E-state index in [9.17, 15) is 0 Å². The van der Waals surface area contributed by atoms with Crippen LogP contribution in [0.5, 0.6) is 0 Å². The predicted molar refractivity (Wildman–Crippen MR) is 37.0 cm³/mol. The molecular formula is C7H11N2. The maximum absolute atomic E-state index is 4.06. The quantitative estimate of drug-likeness (QED) is 0.582. The average molecular weight is 123 g/mol. The van der Waals surface area contributed by atoms with Gasteiger partial charge in [-0.25, -0.2) is 0 Å². The Morgan fingerprint density at radius 1 is 1.78 bits per heavy atom. The number of hydrogen-bond acceptors (Lipinski definition) is 1. The number of hydrogen-bond donors (Lipinski definition) is 0. The van der Waals surface area contributed by atoms with Crippen LogP contribution < -0.4 is 0 Å². The highest BCUT2D eigenvalue weighted by atomic mass is 15.3. The summed E-state index contributed by atoms with van der Waals surface area (Å²) in [6.07, 6.45) is 4.85. The van der Waals surface area contributed by atoms with Crippen molar-refractivity contribution in [2.75, 3.05) is 0 Å². The highest BCUT2D eigenvalue weighted by molar-refractivity contribution is 5.06. The lowest BCUT2D eigenvalue weighted by Crippen LogP contribution is -1.95. The second kappa shape index (κ2) is 2.67. The van der Waals surface area contributed by atoms with Crippen LogP contribution in [-0.2, 0) is 6.54 Å². The van der Waals surface area contributed by atoms with Crippen LogP contribution in [0, 0.1) is 6.92 Å². The van der Waals surface area contributed by atoms with Crippen LogP contribution in [-0.4, -0.2) is 9.78 Å². The summed E-state index contributed by atoms with van der Waals surface area (Å²) in [4.78, 5) is 0. The average Bonchev–Trinajstić information content (AvgIpc) is 2.17. The van der Waals surface area contributed by atoms with E-state index in [2.05, 4.69) is 18.9 Å². The zero-order valence-electron chi connectivity index (χ0n) is 5.67. The Balaban J connectivity index is 2.61. The van der Waals surface area contributed by atoms with E-state index in [1.807, 2.05) is 10.9 Å². The number of aromatic nitrogens is 2. The Bertz CT molecular complexity index is 179. The number of aryl methyl sites for hydroxylation is 1. The molecule has 1 radical (unpaired) electrons. The van der Waals surface area contributed by atoms with E-state index >= 15 is 0 Å². The minimum absolute atomic E-state index is 0.989. The largest absolute Gasteiger partial charge is 0.272 e. The van der Waals surface area contributed by atoms with Gasteiger partial charge in [0.15, 0.2) is 0 Å². The maximum Gasteiger partial charge on any atom is 0.0521 e. The van der Waals surface area contributed by atoms with Crippen LogP contribution >= 0.6 is 0 Å². The number of rotatable bonds is 2. The van der Waals surface area contributed by atoms with Gasteiger partial charge in [0.2, 0.25) is 0 Å². The molecular weight excluding hydrogens is 112 g/mol. The van der Waals surface area contributed by atoms with Crippen molar-refractivity contribution in [2.45, 2.75) is 19.9 Å². The molecule has 0 N–H and O–H groups in total. The molecule has 1 rings (SSSR count). The molecule has 0 aliphatic rings. The molecule has 9 heavy (non-hydrogen) atoms. The van der Waals surface area contributed by atoms with E-state index in [4.69, 9.17) is 0 Å². The molecule has 1 heterocycles. The molecule has 0 aliphatic carbocycles. The van der Waals surface area contributed by atoms with Gasteiger partial charge in [-0.3, -0.25) is 4.68 Å². The van der Waals surface area contributed by atoms with Crippen LogP contribution in [0.1, 0.15) is 18.9 Å². The molecule has 0 unspecified atom stereocenters. The summed E-state index contributed by atoms with van der Waals surface area (Å²) in [5.74, 6) is 0. The van der Waals surface area contributed by atoms with Gasteiger partial charge in [0, 0.05) is 12.7 Å². The smallest absolute Gasteiger partial charge is 0.0521 e. The van der Waals surface area contributed by atoms with Crippen LogP contribution in [0.3, 0.4) is 0 Å². The molecule has 0 saturated heterocycles. The normalized spacial score (nSPS) is 10.0. The maximum atomic E-state index is 4.06. The fourth-order valence-corrected chi connectivity index (χ4v) is 0.758. The second-order valence-corrected chi connectivity index (χ2v) is 2.11. The fraction of sp³-hybridized carbons (Fsp3) is 0.429. The highest BCUT2D eigenvalue weighted by Crippen LogP contribution is 1.94. The molecule has 0 atom stereocenters. The Morgan fingerprint density at radius 2 is 2.56 bits per heavy atom. The Hall–Kier alpha value is -0.790. The lowest BCUT2D eigenvalue weighted by molar-refractivity contribution is 0.602. The standard InChI is InChI=1S/C7H11N2/c1-3-4-9-6-7(2)5-8-9/h5-6H,2-4H2,1H3. The van der Waals surface area contributed by atoms with Crippen LogP contribution in [0.2, 0.25) is 0 Å². The second-order valence-electron chi connectivity index (χ2n) is 2.11. The monoisotopic (exact) mass is 123 g/mol. The summed E-state index contributed by atoms with van der Waals surface area (Å²) >= 11 is 0. The van der Waals surface area contributed by atoms with Gasteiger partial charge >= 0.3 is 0 Å². The third-order valence-corrected chi connectivity index (χ3v) is 1.14. The summed E-state index contributed by atoms with van der Waals surface area (Å²) in [5, 5.41) is 4.06. The van der Waals surface area contributed by atoms with Gasteiger partial charge in [-0.15, -0.1) is 0 Å². The third-order valence-electron chi connectivity index (χ3n) is 1.14. The zero-order chi connectivity index (χ0) is 6.69. The van der Waals surface area contributed by atoms with Crippen LogP contribution in [0.25, 0.3) is 0 Å².